The Balaban J connectivity index is 2.25. The third-order valence-electron chi connectivity index (χ3n) is 3.49. The molecule has 0 aliphatic heterocycles. The summed E-state index contributed by atoms with van der Waals surface area (Å²) < 4.78 is 0.952. The van der Waals surface area contributed by atoms with Gasteiger partial charge in [0.25, 0.3) is 5.91 Å². The third-order valence-corrected chi connectivity index (χ3v) is 4.35. The molecular weight excluding hydrogens is 328 g/mol. The Bertz CT molecular complexity index is 655. The normalized spacial score (nSPS) is 10.4. The van der Waals surface area contributed by atoms with Gasteiger partial charge in [-0.15, -0.1) is 0 Å². The van der Waals surface area contributed by atoms with Gasteiger partial charge in [-0.3, -0.25) is 4.79 Å². The summed E-state index contributed by atoms with van der Waals surface area (Å²) in [5.74, 6) is 0.0405. The number of benzene rings is 2. The van der Waals surface area contributed by atoms with E-state index in [0.29, 0.717) is 13.1 Å². The zero-order valence-corrected chi connectivity index (χ0v) is 13.9. The lowest BCUT2D eigenvalue weighted by Crippen LogP contribution is -2.30. The molecule has 0 spiro atoms. The largest absolute Gasteiger partial charge is 0.399 e. The maximum absolute atomic E-state index is 12.7. The molecule has 4 heteroatoms. The van der Waals surface area contributed by atoms with Gasteiger partial charge in [0.1, 0.15) is 0 Å². The van der Waals surface area contributed by atoms with Crippen molar-refractivity contribution in [2.24, 2.45) is 0 Å². The summed E-state index contributed by atoms with van der Waals surface area (Å²) in [6, 6.07) is 13.3. The second-order valence-corrected chi connectivity index (χ2v) is 5.83. The van der Waals surface area contributed by atoms with E-state index in [0.717, 1.165) is 26.9 Å². The molecule has 0 radical (unpaired) electrons. The summed E-state index contributed by atoms with van der Waals surface area (Å²) in [5.41, 5.74) is 9.25. The van der Waals surface area contributed by atoms with E-state index in [9.17, 15) is 4.79 Å². The van der Waals surface area contributed by atoms with Gasteiger partial charge in [-0.1, -0.05) is 34.1 Å². The standard InChI is InChI=1S/C17H19BrN2O/c1-3-20(11-13-6-4-7-14(19)10-13)17(21)15-8-5-9-16(18)12(15)2/h4-10H,3,11,19H2,1-2H3. The maximum Gasteiger partial charge on any atom is 0.254 e. The molecule has 1 amide bonds. The Hall–Kier alpha value is -1.81. The van der Waals surface area contributed by atoms with Gasteiger partial charge in [0, 0.05) is 28.8 Å². The molecule has 2 aromatic rings. The van der Waals surface area contributed by atoms with Crippen molar-refractivity contribution in [1.82, 2.24) is 4.90 Å². The van der Waals surface area contributed by atoms with Crippen molar-refractivity contribution in [3.05, 3.63) is 63.6 Å². The van der Waals surface area contributed by atoms with E-state index < -0.39 is 0 Å². The molecule has 3 nitrogen and oxygen atoms in total. The molecular formula is C17H19BrN2O. The highest BCUT2D eigenvalue weighted by Gasteiger charge is 2.17. The fourth-order valence-electron chi connectivity index (χ4n) is 2.25. The number of nitrogens with zero attached hydrogens (tertiary/aromatic N) is 1. The monoisotopic (exact) mass is 346 g/mol. The lowest BCUT2D eigenvalue weighted by Gasteiger charge is -2.22. The predicted molar refractivity (Wildman–Crippen MR) is 90.1 cm³/mol. The third kappa shape index (κ3) is 3.64. The van der Waals surface area contributed by atoms with Gasteiger partial charge in [-0.2, -0.15) is 0 Å². The van der Waals surface area contributed by atoms with Crippen LogP contribution in [0.3, 0.4) is 0 Å². The Labute approximate surface area is 133 Å². The molecule has 0 aliphatic carbocycles. The van der Waals surface area contributed by atoms with Crippen LogP contribution in [-0.2, 0) is 6.54 Å². The van der Waals surface area contributed by atoms with Gasteiger partial charge in [0.05, 0.1) is 0 Å². The van der Waals surface area contributed by atoms with Crippen LogP contribution in [0.4, 0.5) is 5.69 Å². The zero-order valence-electron chi connectivity index (χ0n) is 12.3. The first-order chi connectivity index (χ1) is 10.0. The minimum atomic E-state index is 0.0405. The molecule has 0 bridgehead atoms. The SMILES string of the molecule is CCN(Cc1cccc(N)c1)C(=O)c1cccc(Br)c1C. The number of halogens is 1. The Morgan fingerprint density at radius 3 is 2.62 bits per heavy atom. The van der Waals surface area contributed by atoms with Crippen LogP contribution < -0.4 is 5.73 Å². The van der Waals surface area contributed by atoms with E-state index in [1.165, 1.54) is 0 Å². The number of amides is 1. The van der Waals surface area contributed by atoms with Crippen LogP contribution in [-0.4, -0.2) is 17.4 Å². The highest BCUT2D eigenvalue weighted by Crippen LogP contribution is 2.21. The van der Waals surface area contributed by atoms with Crippen molar-refractivity contribution in [3.8, 4) is 0 Å². The van der Waals surface area contributed by atoms with Crippen molar-refractivity contribution >= 4 is 27.5 Å². The van der Waals surface area contributed by atoms with Gasteiger partial charge >= 0.3 is 0 Å². The summed E-state index contributed by atoms with van der Waals surface area (Å²) in [6.07, 6.45) is 0. The van der Waals surface area contributed by atoms with Crippen LogP contribution in [0.25, 0.3) is 0 Å². The number of hydrogen-bond acceptors (Lipinski definition) is 2. The first kappa shape index (κ1) is 15.6. The number of carbonyl (C=O) groups is 1. The van der Waals surface area contributed by atoms with E-state index in [1.54, 1.807) is 0 Å². The minimum Gasteiger partial charge on any atom is -0.399 e. The van der Waals surface area contributed by atoms with Gasteiger partial charge in [0.2, 0.25) is 0 Å². The van der Waals surface area contributed by atoms with Gasteiger partial charge < -0.3 is 10.6 Å². The first-order valence-corrected chi connectivity index (χ1v) is 7.71. The molecule has 0 fully saturated rings. The van der Waals surface area contributed by atoms with Crippen LogP contribution in [0.1, 0.15) is 28.4 Å². The summed E-state index contributed by atoms with van der Waals surface area (Å²) in [6.45, 7) is 5.15. The number of nitrogen functional groups attached to an aromatic ring is 1. The number of rotatable bonds is 4. The number of hydrogen-bond donors (Lipinski definition) is 1. The van der Waals surface area contributed by atoms with E-state index in [-0.39, 0.29) is 5.91 Å². The Kier molecular flexibility index (Phi) is 5.02. The van der Waals surface area contributed by atoms with Crippen molar-refractivity contribution < 1.29 is 4.79 Å². The zero-order chi connectivity index (χ0) is 15.4. The van der Waals surface area contributed by atoms with Crippen LogP contribution in [0, 0.1) is 6.92 Å². The lowest BCUT2D eigenvalue weighted by molar-refractivity contribution is 0.0752. The molecule has 0 atom stereocenters. The summed E-state index contributed by atoms with van der Waals surface area (Å²) in [4.78, 5) is 14.5. The van der Waals surface area contributed by atoms with Crippen molar-refractivity contribution in [2.45, 2.75) is 20.4 Å². The fraction of sp³-hybridized carbons (Fsp3) is 0.235. The van der Waals surface area contributed by atoms with Gasteiger partial charge in [-0.25, -0.2) is 0 Å². The molecule has 21 heavy (non-hydrogen) atoms. The second-order valence-electron chi connectivity index (χ2n) is 4.98. The quantitative estimate of drug-likeness (QED) is 0.850. The molecule has 0 unspecified atom stereocenters. The fourth-order valence-corrected chi connectivity index (χ4v) is 2.61. The first-order valence-electron chi connectivity index (χ1n) is 6.91. The Morgan fingerprint density at radius 1 is 1.24 bits per heavy atom. The molecule has 0 heterocycles. The molecule has 0 aromatic heterocycles. The van der Waals surface area contributed by atoms with E-state index in [4.69, 9.17) is 5.73 Å². The Morgan fingerprint density at radius 2 is 1.95 bits per heavy atom. The van der Waals surface area contributed by atoms with Crippen LogP contribution in [0.15, 0.2) is 46.9 Å². The van der Waals surface area contributed by atoms with E-state index in [1.807, 2.05) is 61.2 Å². The molecule has 0 aliphatic rings. The molecule has 0 saturated carbocycles. The topological polar surface area (TPSA) is 46.3 Å². The highest BCUT2D eigenvalue weighted by atomic mass is 79.9. The maximum atomic E-state index is 12.7. The highest BCUT2D eigenvalue weighted by molar-refractivity contribution is 9.10. The van der Waals surface area contributed by atoms with E-state index >= 15 is 0 Å². The summed E-state index contributed by atoms with van der Waals surface area (Å²) in [5, 5.41) is 0. The average molecular weight is 347 g/mol. The number of carbonyl (C=O) groups excluding carboxylic acids is 1. The molecule has 110 valence electrons. The van der Waals surface area contributed by atoms with Gasteiger partial charge in [-0.05, 0) is 49.2 Å². The van der Waals surface area contributed by atoms with Crippen LogP contribution in [0.5, 0.6) is 0 Å². The minimum absolute atomic E-state index is 0.0405. The lowest BCUT2D eigenvalue weighted by atomic mass is 10.1. The van der Waals surface area contributed by atoms with Crippen LogP contribution >= 0.6 is 15.9 Å². The molecule has 2 aromatic carbocycles. The second kappa shape index (κ2) is 6.76. The average Bonchev–Trinajstić information content (AvgIpc) is 2.47. The number of nitrogens with two attached hydrogens (primary N) is 1. The van der Waals surface area contributed by atoms with Crippen molar-refractivity contribution in [3.63, 3.8) is 0 Å². The van der Waals surface area contributed by atoms with Crippen molar-refractivity contribution in [2.75, 3.05) is 12.3 Å². The predicted octanol–water partition coefficient (Wildman–Crippen LogP) is 4.00. The summed E-state index contributed by atoms with van der Waals surface area (Å²) >= 11 is 3.47. The van der Waals surface area contributed by atoms with E-state index in [2.05, 4.69) is 15.9 Å². The summed E-state index contributed by atoms with van der Waals surface area (Å²) in [7, 11) is 0. The molecule has 2 rings (SSSR count). The number of anilines is 1. The van der Waals surface area contributed by atoms with Crippen LogP contribution in [0.2, 0.25) is 0 Å². The molecule has 2 N–H and O–H groups in total. The smallest absolute Gasteiger partial charge is 0.254 e. The van der Waals surface area contributed by atoms with Gasteiger partial charge in [0.15, 0.2) is 0 Å². The van der Waals surface area contributed by atoms with Crippen molar-refractivity contribution in [1.29, 1.82) is 0 Å². The molecule has 0 saturated heterocycles.